The number of nitrogens with two attached hydrogens (primary N) is 1. The summed E-state index contributed by atoms with van der Waals surface area (Å²) >= 11 is 6.07. The molecule has 0 saturated heterocycles. The van der Waals surface area contributed by atoms with Gasteiger partial charge in [-0.2, -0.15) is 0 Å². The van der Waals surface area contributed by atoms with Gasteiger partial charge >= 0.3 is 5.97 Å². The van der Waals surface area contributed by atoms with E-state index in [1.165, 1.54) is 7.11 Å². The van der Waals surface area contributed by atoms with Gasteiger partial charge in [-0.25, -0.2) is 4.79 Å². The molecule has 0 bridgehead atoms. The van der Waals surface area contributed by atoms with Gasteiger partial charge in [-0.15, -0.1) is 0 Å². The van der Waals surface area contributed by atoms with Crippen LogP contribution in [-0.2, 0) is 4.74 Å². The number of benzene rings is 2. The Bertz CT molecular complexity index is 614. The molecule has 5 heteroatoms. The zero-order valence-electron chi connectivity index (χ0n) is 10.3. The van der Waals surface area contributed by atoms with Crippen molar-refractivity contribution < 1.29 is 9.53 Å². The standard InChI is InChI=1S/C14H13ClN2O2/c1-19-14(18)9-3-2-4-11(7-9)17-13-6-5-10(16)8-12(13)15/h2-8,17H,16H2,1H3. The van der Waals surface area contributed by atoms with Crippen LogP contribution in [0.1, 0.15) is 10.4 Å². The second-order valence-electron chi connectivity index (χ2n) is 3.94. The van der Waals surface area contributed by atoms with Crippen molar-refractivity contribution in [1.82, 2.24) is 0 Å². The SMILES string of the molecule is COC(=O)c1cccc(Nc2ccc(N)cc2Cl)c1. The van der Waals surface area contributed by atoms with Gasteiger partial charge in [0, 0.05) is 11.4 Å². The van der Waals surface area contributed by atoms with Crippen LogP contribution >= 0.6 is 11.6 Å². The number of methoxy groups -OCH3 is 1. The molecule has 0 aromatic heterocycles. The third-order valence-electron chi connectivity index (χ3n) is 2.56. The Balaban J connectivity index is 2.26. The van der Waals surface area contributed by atoms with Crippen molar-refractivity contribution in [3.05, 3.63) is 53.1 Å². The predicted molar refractivity (Wildman–Crippen MR) is 76.9 cm³/mol. The summed E-state index contributed by atoms with van der Waals surface area (Å²) in [6, 6.07) is 12.2. The van der Waals surface area contributed by atoms with Gasteiger partial charge in [-0.1, -0.05) is 17.7 Å². The minimum Gasteiger partial charge on any atom is -0.465 e. The van der Waals surface area contributed by atoms with Crippen LogP contribution in [0.25, 0.3) is 0 Å². The first-order chi connectivity index (χ1) is 9.10. The number of halogens is 1. The molecule has 0 spiro atoms. The minimum atomic E-state index is -0.382. The second-order valence-corrected chi connectivity index (χ2v) is 4.34. The van der Waals surface area contributed by atoms with Crippen LogP contribution in [0, 0.1) is 0 Å². The third kappa shape index (κ3) is 3.17. The smallest absolute Gasteiger partial charge is 0.337 e. The lowest BCUT2D eigenvalue weighted by molar-refractivity contribution is 0.0601. The van der Waals surface area contributed by atoms with Crippen molar-refractivity contribution in [1.29, 1.82) is 0 Å². The molecule has 98 valence electrons. The Kier molecular flexibility index (Phi) is 3.92. The van der Waals surface area contributed by atoms with Crippen LogP contribution in [-0.4, -0.2) is 13.1 Å². The molecule has 19 heavy (non-hydrogen) atoms. The number of nitrogen functional groups attached to an aromatic ring is 1. The van der Waals surface area contributed by atoms with E-state index >= 15 is 0 Å². The lowest BCUT2D eigenvalue weighted by atomic mass is 10.2. The first kappa shape index (κ1) is 13.2. The van der Waals surface area contributed by atoms with Crippen LogP contribution in [0.15, 0.2) is 42.5 Å². The van der Waals surface area contributed by atoms with Crippen LogP contribution in [0.3, 0.4) is 0 Å². The molecule has 0 aliphatic heterocycles. The van der Waals surface area contributed by atoms with Crippen LogP contribution in [0.2, 0.25) is 5.02 Å². The summed E-state index contributed by atoms with van der Waals surface area (Å²) in [6.45, 7) is 0. The van der Waals surface area contributed by atoms with E-state index in [9.17, 15) is 4.79 Å². The molecule has 4 nitrogen and oxygen atoms in total. The summed E-state index contributed by atoms with van der Waals surface area (Å²) in [4.78, 5) is 11.4. The summed E-state index contributed by atoms with van der Waals surface area (Å²) in [5.41, 5.74) is 8.16. The second kappa shape index (κ2) is 5.63. The molecule has 2 aromatic rings. The van der Waals surface area contributed by atoms with E-state index in [0.717, 1.165) is 11.4 Å². The molecule has 0 atom stereocenters. The fourth-order valence-corrected chi connectivity index (χ4v) is 1.87. The molecular formula is C14H13ClN2O2. The normalized spacial score (nSPS) is 10.0. The average molecular weight is 277 g/mol. The molecule has 2 aromatic carbocycles. The first-order valence-corrected chi connectivity index (χ1v) is 5.98. The molecule has 0 aliphatic carbocycles. The summed E-state index contributed by atoms with van der Waals surface area (Å²) in [5, 5.41) is 3.64. The number of hydrogen-bond donors (Lipinski definition) is 2. The molecule has 0 aliphatic rings. The lowest BCUT2D eigenvalue weighted by Gasteiger charge is -2.10. The van der Waals surface area contributed by atoms with Gasteiger partial charge in [0.05, 0.1) is 23.4 Å². The van der Waals surface area contributed by atoms with Crippen LogP contribution in [0.4, 0.5) is 17.1 Å². The Hall–Kier alpha value is -2.20. The van der Waals surface area contributed by atoms with Crippen molar-refractivity contribution in [3.63, 3.8) is 0 Å². The van der Waals surface area contributed by atoms with Crippen LogP contribution < -0.4 is 11.1 Å². The predicted octanol–water partition coefficient (Wildman–Crippen LogP) is 3.45. The molecular weight excluding hydrogens is 264 g/mol. The quantitative estimate of drug-likeness (QED) is 0.666. The fourth-order valence-electron chi connectivity index (χ4n) is 1.63. The van der Waals surface area contributed by atoms with Gasteiger partial charge < -0.3 is 15.8 Å². The highest BCUT2D eigenvalue weighted by molar-refractivity contribution is 6.33. The molecule has 0 radical (unpaired) electrons. The lowest BCUT2D eigenvalue weighted by Crippen LogP contribution is -2.01. The number of esters is 1. The maximum atomic E-state index is 11.4. The molecule has 0 amide bonds. The van der Waals surface area contributed by atoms with Crippen LogP contribution in [0.5, 0.6) is 0 Å². The molecule has 0 heterocycles. The number of nitrogens with one attached hydrogen (secondary N) is 1. The maximum Gasteiger partial charge on any atom is 0.337 e. The Morgan fingerprint density at radius 3 is 2.74 bits per heavy atom. The van der Waals surface area contributed by atoms with Crippen molar-refractivity contribution in [3.8, 4) is 0 Å². The number of rotatable bonds is 3. The molecule has 0 fully saturated rings. The van der Waals surface area contributed by atoms with Crippen molar-refractivity contribution in [2.24, 2.45) is 0 Å². The number of carbonyl (C=O) groups is 1. The maximum absolute atomic E-state index is 11.4. The highest BCUT2D eigenvalue weighted by atomic mass is 35.5. The van der Waals surface area contributed by atoms with E-state index in [4.69, 9.17) is 17.3 Å². The zero-order chi connectivity index (χ0) is 13.8. The van der Waals surface area contributed by atoms with Crippen molar-refractivity contribution in [2.45, 2.75) is 0 Å². The number of anilines is 3. The number of ether oxygens (including phenoxy) is 1. The zero-order valence-corrected chi connectivity index (χ0v) is 11.1. The summed E-state index contributed by atoms with van der Waals surface area (Å²) in [6.07, 6.45) is 0. The van der Waals surface area contributed by atoms with E-state index in [-0.39, 0.29) is 5.97 Å². The van der Waals surface area contributed by atoms with E-state index in [1.54, 1.807) is 36.4 Å². The summed E-state index contributed by atoms with van der Waals surface area (Å²) < 4.78 is 4.67. The van der Waals surface area contributed by atoms with Gasteiger partial charge in [0.25, 0.3) is 0 Å². The van der Waals surface area contributed by atoms with E-state index in [1.807, 2.05) is 6.07 Å². The van der Waals surface area contributed by atoms with Gasteiger partial charge in [0.1, 0.15) is 0 Å². The van der Waals surface area contributed by atoms with E-state index < -0.39 is 0 Å². The average Bonchev–Trinajstić information content (AvgIpc) is 2.41. The largest absolute Gasteiger partial charge is 0.465 e. The molecule has 0 saturated carbocycles. The number of hydrogen-bond acceptors (Lipinski definition) is 4. The Morgan fingerprint density at radius 1 is 1.26 bits per heavy atom. The van der Waals surface area contributed by atoms with Crippen molar-refractivity contribution in [2.75, 3.05) is 18.2 Å². The monoisotopic (exact) mass is 276 g/mol. The minimum absolute atomic E-state index is 0.382. The highest BCUT2D eigenvalue weighted by Crippen LogP contribution is 2.27. The Labute approximate surface area is 116 Å². The fraction of sp³-hybridized carbons (Fsp3) is 0.0714. The molecule has 2 rings (SSSR count). The van der Waals surface area contributed by atoms with Gasteiger partial charge in [0.2, 0.25) is 0 Å². The first-order valence-electron chi connectivity index (χ1n) is 5.60. The van der Waals surface area contributed by atoms with Gasteiger partial charge in [0.15, 0.2) is 0 Å². The molecule has 0 unspecified atom stereocenters. The highest BCUT2D eigenvalue weighted by Gasteiger charge is 2.06. The van der Waals surface area contributed by atoms with Crippen molar-refractivity contribution >= 4 is 34.6 Å². The third-order valence-corrected chi connectivity index (χ3v) is 2.87. The van der Waals surface area contributed by atoms with Gasteiger partial charge in [-0.05, 0) is 36.4 Å². The van der Waals surface area contributed by atoms with E-state index in [0.29, 0.717) is 16.3 Å². The van der Waals surface area contributed by atoms with Gasteiger partial charge in [-0.3, -0.25) is 0 Å². The molecule has 3 N–H and O–H groups in total. The summed E-state index contributed by atoms with van der Waals surface area (Å²) in [5.74, 6) is -0.382. The van der Waals surface area contributed by atoms with E-state index in [2.05, 4.69) is 10.1 Å². The number of carbonyl (C=O) groups excluding carboxylic acids is 1. The topological polar surface area (TPSA) is 64.3 Å². The Morgan fingerprint density at radius 2 is 2.05 bits per heavy atom. The summed E-state index contributed by atoms with van der Waals surface area (Å²) in [7, 11) is 1.35.